The van der Waals surface area contributed by atoms with Gasteiger partial charge in [0, 0.05) is 31.9 Å². The summed E-state index contributed by atoms with van der Waals surface area (Å²) in [6, 6.07) is 9.95. The molecule has 0 spiro atoms. The number of aromatic nitrogens is 1. The lowest BCUT2D eigenvalue weighted by Gasteiger charge is -2.21. The van der Waals surface area contributed by atoms with Crippen LogP contribution in [0, 0.1) is 5.82 Å². The van der Waals surface area contributed by atoms with Crippen molar-refractivity contribution in [3.05, 3.63) is 54.0 Å². The molecule has 0 radical (unpaired) electrons. The zero-order valence-electron chi connectivity index (χ0n) is 18.9. The van der Waals surface area contributed by atoms with Crippen LogP contribution in [0.3, 0.4) is 0 Å². The molecule has 0 aliphatic rings. The quantitative estimate of drug-likeness (QED) is 0.242. The van der Waals surface area contributed by atoms with E-state index < -0.39 is 0 Å². The summed E-state index contributed by atoms with van der Waals surface area (Å²) in [5.41, 5.74) is 1.01. The third-order valence-corrected chi connectivity index (χ3v) is 4.91. The van der Waals surface area contributed by atoms with Crippen LogP contribution in [-0.2, 0) is 6.54 Å². The van der Waals surface area contributed by atoms with Gasteiger partial charge in [0.25, 0.3) is 0 Å². The maximum atomic E-state index is 13.0. The minimum atomic E-state index is -0.294. The second kappa shape index (κ2) is 15.0. The van der Waals surface area contributed by atoms with E-state index in [1.807, 2.05) is 6.07 Å². The van der Waals surface area contributed by atoms with Gasteiger partial charge >= 0.3 is 0 Å². The number of hydrogen-bond donors (Lipinski definition) is 2. The molecule has 1 aromatic carbocycles. The van der Waals surface area contributed by atoms with Gasteiger partial charge in [-0.25, -0.2) is 9.37 Å². The van der Waals surface area contributed by atoms with Gasteiger partial charge in [-0.3, -0.25) is 4.99 Å². The van der Waals surface area contributed by atoms with Crippen molar-refractivity contribution in [1.29, 1.82) is 0 Å². The number of rotatable bonds is 11. The summed E-state index contributed by atoms with van der Waals surface area (Å²) in [6.45, 7) is 10.5. The lowest BCUT2D eigenvalue weighted by Crippen LogP contribution is -2.42. The molecule has 1 atom stereocenters. The number of halogens is 2. The van der Waals surface area contributed by atoms with E-state index in [0.29, 0.717) is 24.2 Å². The van der Waals surface area contributed by atoms with E-state index in [1.54, 1.807) is 31.4 Å². The van der Waals surface area contributed by atoms with E-state index in [0.717, 1.165) is 44.0 Å². The van der Waals surface area contributed by atoms with Crippen molar-refractivity contribution in [2.24, 2.45) is 4.99 Å². The minimum absolute atomic E-state index is 0. The first-order valence-corrected chi connectivity index (χ1v) is 10.6. The molecule has 1 aromatic heterocycles. The summed E-state index contributed by atoms with van der Waals surface area (Å²) in [7, 11) is 1.77. The van der Waals surface area contributed by atoms with Gasteiger partial charge in [-0.1, -0.05) is 19.9 Å². The molecule has 0 bridgehead atoms. The van der Waals surface area contributed by atoms with Crippen LogP contribution in [0.1, 0.15) is 39.2 Å². The standard InChI is InChI=1S/C23H34FN5O.HI/c1-5-29(6-2)15-7-8-18(3)28-23(25-4)27-17-19-9-14-22(26-16-19)30-21-12-10-20(24)11-13-21;/h9-14,16,18H,5-8,15,17H2,1-4H3,(H2,25,27,28);1H. The molecular formula is C23H35FIN5O. The molecule has 0 fully saturated rings. The van der Waals surface area contributed by atoms with Crippen LogP contribution in [-0.4, -0.2) is 48.6 Å². The van der Waals surface area contributed by atoms with E-state index in [-0.39, 0.29) is 29.8 Å². The second-order valence-corrected chi connectivity index (χ2v) is 7.20. The summed E-state index contributed by atoms with van der Waals surface area (Å²) in [6.07, 6.45) is 4.01. The van der Waals surface area contributed by atoms with Gasteiger partial charge in [0.05, 0.1) is 0 Å². The molecule has 31 heavy (non-hydrogen) atoms. The Bertz CT molecular complexity index is 767. The van der Waals surface area contributed by atoms with Gasteiger partial charge in [-0.15, -0.1) is 24.0 Å². The van der Waals surface area contributed by atoms with Crippen LogP contribution >= 0.6 is 24.0 Å². The first-order chi connectivity index (χ1) is 14.5. The normalized spacial score (nSPS) is 12.3. The van der Waals surface area contributed by atoms with Crippen LogP contribution in [0.15, 0.2) is 47.6 Å². The van der Waals surface area contributed by atoms with Gasteiger partial charge in [-0.2, -0.15) is 0 Å². The Hall–Kier alpha value is -1.94. The molecule has 0 saturated heterocycles. The van der Waals surface area contributed by atoms with E-state index in [9.17, 15) is 4.39 Å². The van der Waals surface area contributed by atoms with Crippen molar-refractivity contribution >= 4 is 29.9 Å². The van der Waals surface area contributed by atoms with Crippen LogP contribution < -0.4 is 15.4 Å². The number of aliphatic imine (C=N–C) groups is 1. The summed E-state index contributed by atoms with van der Waals surface area (Å²) < 4.78 is 18.6. The third kappa shape index (κ3) is 10.3. The molecular weight excluding hydrogens is 508 g/mol. The maximum Gasteiger partial charge on any atom is 0.219 e. The maximum absolute atomic E-state index is 13.0. The Morgan fingerprint density at radius 2 is 1.87 bits per heavy atom. The highest BCUT2D eigenvalue weighted by atomic mass is 127. The SMILES string of the molecule is CCN(CC)CCCC(C)NC(=NC)NCc1ccc(Oc2ccc(F)cc2)nc1.I. The number of ether oxygens (including phenoxy) is 1. The highest BCUT2D eigenvalue weighted by Crippen LogP contribution is 2.19. The van der Waals surface area contributed by atoms with Crippen molar-refractivity contribution in [1.82, 2.24) is 20.5 Å². The van der Waals surface area contributed by atoms with Crippen molar-refractivity contribution in [2.45, 2.75) is 46.2 Å². The lowest BCUT2D eigenvalue weighted by atomic mass is 10.2. The number of guanidine groups is 1. The fourth-order valence-electron chi connectivity index (χ4n) is 3.05. The first-order valence-electron chi connectivity index (χ1n) is 10.6. The van der Waals surface area contributed by atoms with E-state index in [1.165, 1.54) is 12.1 Å². The molecule has 0 aliphatic carbocycles. The van der Waals surface area contributed by atoms with E-state index in [4.69, 9.17) is 4.74 Å². The second-order valence-electron chi connectivity index (χ2n) is 7.20. The number of hydrogen-bond acceptors (Lipinski definition) is 4. The Morgan fingerprint density at radius 1 is 1.16 bits per heavy atom. The summed E-state index contributed by atoms with van der Waals surface area (Å²) in [5.74, 6) is 1.50. The average Bonchev–Trinajstić information content (AvgIpc) is 2.76. The van der Waals surface area contributed by atoms with Crippen LogP contribution in [0.2, 0.25) is 0 Å². The Labute approximate surface area is 202 Å². The molecule has 8 heteroatoms. The number of benzene rings is 1. The molecule has 6 nitrogen and oxygen atoms in total. The number of nitrogens with zero attached hydrogens (tertiary/aromatic N) is 3. The van der Waals surface area contributed by atoms with Crippen molar-refractivity contribution in [3.8, 4) is 11.6 Å². The molecule has 1 unspecified atom stereocenters. The summed E-state index contributed by atoms with van der Waals surface area (Å²) in [5, 5.41) is 6.76. The van der Waals surface area contributed by atoms with Crippen molar-refractivity contribution in [2.75, 3.05) is 26.7 Å². The number of nitrogens with one attached hydrogen (secondary N) is 2. The highest BCUT2D eigenvalue weighted by Gasteiger charge is 2.07. The average molecular weight is 543 g/mol. The van der Waals surface area contributed by atoms with Gasteiger partial charge < -0.3 is 20.3 Å². The van der Waals surface area contributed by atoms with Gasteiger partial charge in [0.2, 0.25) is 5.88 Å². The smallest absolute Gasteiger partial charge is 0.219 e. The molecule has 172 valence electrons. The fraction of sp³-hybridized carbons (Fsp3) is 0.478. The van der Waals surface area contributed by atoms with Crippen LogP contribution in [0.25, 0.3) is 0 Å². The summed E-state index contributed by atoms with van der Waals surface area (Å²) in [4.78, 5) is 11.1. The molecule has 0 aliphatic heterocycles. The van der Waals surface area contributed by atoms with Crippen molar-refractivity contribution in [3.63, 3.8) is 0 Å². The van der Waals surface area contributed by atoms with E-state index >= 15 is 0 Å². The molecule has 2 N–H and O–H groups in total. The Morgan fingerprint density at radius 3 is 2.45 bits per heavy atom. The topological polar surface area (TPSA) is 61.8 Å². The summed E-state index contributed by atoms with van der Waals surface area (Å²) >= 11 is 0. The monoisotopic (exact) mass is 543 g/mol. The van der Waals surface area contributed by atoms with Crippen LogP contribution in [0.4, 0.5) is 4.39 Å². The van der Waals surface area contributed by atoms with Gasteiger partial charge in [-0.05, 0) is 69.2 Å². The molecule has 0 saturated carbocycles. The lowest BCUT2D eigenvalue weighted by molar-refractivity contribution is 0.292. The van der Waals surface area contributed by atoms with E-state index in [2.05, 4.69) is 46.3 Å². The third-order valence-electron chi connectivity index (χ3n) is 4.91. The first kappa shape index (κ1) is 27.1. The van der Waals surface area contributed by atoms with Crippen LogP contribution in [0.5, 0.6) is 11.6 Å². The predicted octanol–water partition coefficient (Wildman–Crippen LogP) is 4.81. The Kier molecular flexibility index (Phi) is 13.1. The van der Waals surface area contributed by atoms with Crippen molar-refractivity contribution < 1.29 is 9.13 Å². The fourth-order valence-corrected chi connectivity index (χ4v) is 3.05. The number of pyridine rings is 1. The zero-order chi connectivity index (χ0) is 21.8. The zero-order valence-corrected chi connectivity index (χ0v) is 21.2. The Balaban J connectivity index is 0.00000480. The highest BCUT2D eigenvalue weighted by molar-refractivity contribution is 14.0. The molecule has 2 aromatic rings. The molecule has 1 heterocycles. The minimum Gasteiger partial charge on any atom is -0.439 e. The molecule has 2 rings (SSSR count). The predicted molar refractivity (Wildman–Crippen MR) is 136 cm³/mol. The largest absolute Gasteiger partial charge is 0.439 e. The van der Waals surface area contributed by atoms with Gasteiger partial charge in [0.15, 0.2) is 5.96 Å². The molecule has 0 amide bonds. The van der Waals surface area contributed by atoms with Gasteiger partial charge in [0.1, 0.15) is 11.6 Å².